The minimum absolute atomic E-state index is 0.0309. The lowest BCUT2D eigenvalue weighted by Gasteiger charge is -2.24. The number of ether oxygens (including phenoxy) is 2. The number of aliphatic hydroxyl groups excluding tert-OH is 1. The first-order chi connectivity index (χ1) is 17.0. The molecule has 0 saturated carbocycles. The van der Waals surface area contributed by atoms with Gasteiger partial charge in [-0.3, -0.25) is 9.59 Å². The Hall–Kier alpha value is -4.00. The number of amides is 1. The smallest absolute Gasteiger partial charge is 0.296 e. The lowest BCUT2D eigenvalue weighted by molar-refractivity contribution is -0.140. The topological polar surface area (TPSA) is 89.2 Å². The van der Waals surface area contributed by atoms with Crippen LogP contribution in [0.2, 0.25) is 0 Å². The molecule has 7 nitrogen and oxygen atoms in total. The molecule has 1 unspecified atom stereocenters. The highest BCUT2D eigenvalue weighted by Crippen LogP contribution is 2.40. The summed E-state index contributed by atoms with van der Waals surface area (Å²) in [5.74, 6) is 0.195. The number of carbonyl (C=O) groups excluding carboxylic acids is 2. The van der Waals surface area contributed by atoms with Crippen LogP contribution in [-0.2, 0) is 16.1 Å². The van der Waals surface area contributed by atoms with Gasteiger partial charge in [-0.15, -0.1) is 0 Å². The monoisotopic (exact) mass is 475 g/mol. The van der Waals surface area contributed by atoms with Crippen molar-refractivity contribution in [2.45, 2.75) is 38.8 Å². The molecule has 2 aromatic carbocycles. The van der Waals surface area contributed by atoms with E-state index >= 15 is 0 Å². The summed E-state index contributed by atoms with van der Waals surface area (Å²) in [7, 11) is 1.55. The molecular weight excluding hydrogens is 446 g/mol. The molecule has 35 heavy (non-hydrogen) atoms. The summed E-state index contributed by atoms with van der Waals surface area (Å²) in [6.07, 6.45) is 4.71. The third kappa shape index (κ3) is 5.24. The van der Waals surface area contributed by atoms with Crippen molar-refractivity contribution in [3.05, 3.63) is 89.4 Å². The lowest BCUT2D eigenvalue weighted by Crippen LogP contribution is -2.29. The summed E-state index contributed by atoms with van der Waals surface area (Å²) >= 11 is 0. The maximum atomic E-state index is 13.1. The van der Waals surface area contributed by atoms with E-state index < -0.39 is 17.7 Å². The number of hydrogen-bond acceptors (Lipinski definition) is 6. The van der Waals surface area contributed by atoms with Gasteiger partial charge >= 0.3 is 0 Å². The maximum absolute atomic E-state index is 13.1. The molecular formula is C28H29NO6. The molecule has 1 saturated heterocycles. The van der Waals surface area contributed by atoms with Gasteiger partial charge in [0.2, 0.25) is 0 Å². The normalized spacial score (nSPS) is 17.1. The molecule has 7 heteroatoms. The molecule has 1 aliphatic heterocycles. The highest BCUT2D eigenvalue weighted by Gasteiger charge is 2.46. The van der Waals surface area contributed by atoms with Gasteiger partial charge in [-0.1, -0.05) is 31.9 Å². The summed E-state index contributed by atoms with van der Waals surface area (Å²) in [4.78, 5) is 27.6. The van der Waals surface area contributed by atoms with Crippen LogP contribution in [0.1, 0.15) is 49.1 Å². The number of methoxy groups -OCH3 is 1. The van der Waals surface area contributed by atoms with Gasteiger partial charge in [0.1, 0.15) is 23.0 Å². The number of likely N-dealkylation sites (tertiary alicyclic amines) is 1. The second-order valence-corrected chi connectivity index (χ2v) is 8.36. The third-order valence-corrected chi connectivity index (χ3v) is 6.02. The molecule has 2 heterocycles. The number of unbranched alkanes of at least 4 members (excludes halogenated alkanes) is 2. The average Bonchev–Trinajstić information content (AvgIpc) is 3.49. The van der Waals surface area contributed by atoms with E-state index in [1.54, 1.807) is 43.5 Å². The van der Waals surface area contributed by atoms with Crippen LogP contribution < -0.4 is 9.47 Å². The molecule has 0 aliphatic carbocycles. The highest BCUT2D eigenvalue weighted by molar-refractivity contribution is 6.46. The Morgan fingerprint density at radius 2 is 1.71 bits per heavy atom. The fraction of sp³-hybridized carbons (Fsp3) is 0.286. The molecule has 1 amide bonds. The van der Waals surface area contributed by atoms with Gasteiger partial charge < -0.3 is 23.9 Å². The molecule has 1 fully saturated rings. The van der Waals surface area contributed by atoms with Crippen LogP contribution in [-0.4, -0.2) is 35.4 Å². The fourth-order valence-corrected chi connectivity index (χ4v) is 4.15. The van der Waals surface area contributed by atoms with Crippen LogP contribution in [0.3, 0.4) is 0 Å². The first-order valence-corrected chi connectivity index (χ1v) is 11.7. The predicted molar refractivity (Wildman–Crippen MR) is 131 cm³/mol. The molecule has 1 atom stereocenters. The second-order valence-electron chi connectivity index (χ2n) is 8.36. The van der Waals surface area contributed by atoms with Gasteiger partial charge in [0.25, 0.3) is 11.7 Å². The molecule has 1 N–H and O–H groups in total. The first-order valence-electron chi connectivity index (χ1n) is 11.7. The number of aliphatic hydroxyl groups is 1. The van der Waals surface area contributed by atoms with Crippen molar-refractivity contribution in [2.24, 2.45) is 0 Å². The SMILES string of the molecule is CCCCCOc1ccc(C2C(=C(O)c3ccc(OC)cc3)C(=O)C(=O)N2Cc2ccco2)cc1. The Morgan fingerprint density at radius 1 is 1.00 bits per heavy atom. The van der Waals surface area contributed by atoms with Crippen molar-refractivity contribution < 1.29 is 28.6 Å². The summed E-state index contributed by atoms with van der Waals surface area (Å²) in [5, 5.41) is 11.2. The Kier molecular flexibility index (Phi) is 7.55. The third-order valence-electron chi connectivity index (χ3n) is 6.02. The van der Waals surface area contributed by atoms with Crippen molar-refractivity contribution in [1.29, 1.82) is 0 Å². The fourth-order valence-electron chi connectivity index (χ4n) is 4.15. The van der Waals surface area contributed by atoms with Crippen LogP contribution in [0, 0.1) is 0 Å². The quantitative estimate of drug-likeness (QED) is 0.181. The van der Waals surface area contributed by atoms with Gasteiger partial charge in [0.05, 0.1) is 38.1 Å². The predicted octanol–water partition coefficient (Wildman–Crippen LogP) is 5.48. The van der Waals surface area contributed by atoms with Crippen molar-refractivity contribution in [1.82, 2.24) is 4.90 Å². The molecule has 3 aromatic rings. The van der Waals surface area contributed by atoms with E-state index in [1.165, 1.54) is 11.2 Å². The standard InChI is InChI=1S/C28H29NO6/c1-3-4-5-16-34-22-14-8-19(9-15-22)25-24(26(30)20-10-12-21(33-2)13-11-20)27(31)28(32)29(25)18-23-7-6-17-35-23/h6-15,17,25,30H,3-5,16,18H2,1-2H3. The first kappa shape index (κ1) is 24.1. The van der Waals surface area contributed by atoms with Gasteiger partial charge in [-0.2, -0.15) is 0 Å². The van der Waals surface area contributed by atoms with E-state index in [0.717, 1.165) is 19.3 Å². The summed E-state index contributed by atoms with van der Waals surface area (Å²) in [6.45, 7) is 2.86. The van der Waals surface area contributed by atoms with Crippen LogP contribution in [0.15, 0.2) is 76.9 Å². The number of hydrogen-bond donors (Lipinski definition) is 1. The van der Waals surface area contributed by atoms with Gasteiger partial charge in [-0.05, 0) is 60.5 Å². The molecule has 1 aliphatic rings. The zero-order valence-electron chi connectivity index (χ0n) is 19.9. The summed E-state index contributed by atoms with van der Waals surface area (Å²) in [6, 6.07) is 16.7. The molecule has 1 aromatic heterocycles. The van der Waals surface area contributed by atoms with E-state index in [2.05, 4.69) is 6.92 Å². The Bertz CT molecular complexity index is 1180. The van der Waals surface area contributed by atoms with E-state index in [-0.39, 0.29) is 17.9 Å². The van der Waals surface area contributed by atoms with Crippen molar-refractivity contribution in [3.63, 3.8) is 0 Å². The van der Waals surface area contributed by atoms with Crippen LogP contribution >= 0.6 is 0 Å². The average molecular weight is 476 g/mol. The second kappa shape index (κ2) is 11.0. The van der Waals surface area contributed by atoms with Crippen molar-refractivity contribution in [3.8, 4) is 11.5 Å². The number of rotatable bonds is 10. The molecule has 0 radical (unpaired) electrons. The Morgan fingerprint density at radius 3 is 2.34 bits per heavy atom. The summed E-state index contributed by atoms with van der Waals surface area (Å²) < 4.78 is 16.4. The van der Waals surface area contributed by atoms with Crippen LogP contribution in [0.25, 0.3) is 5.76 Å². The highest BCUT2D eigenvalue weighted by atomic mass is 16.5. The van der Waals surface area contributed by atoms with Crippen LogP contribution in [0.4, 0.5) is 0 Å². The number of benzene rings is 2. The van der Waals surface area contributed by atoms with Gasteiger partial charge in [0.15, 0.2) is 0 Å². The van der Waals surface area contributed by atoms with Gasteiger partial charge in [-0.25, -0.2) is 0 Å². The lowest BCUT2D eigenvalue weighted by atomic mass is 9.95. The number of Topliss-reactive ketones (excluding diaryl/α,β-unsaturated/α-hetero) is 1. The molecule has 4 rings (SSSR count). The largest absolute Gasteiger partial charge is 0.507 e. The minimum Gasteiger partial charge on any atom is -0.507 e. The number of furan rings is 1. The minimum atomic E-state index is -0.781. The molecule has 182 valence electrons. The number of ketones is 1. The van der Waals surface area contributed by atoms with Crippen molar-refractivity contribution >= 4 is 17.4 Å². The molecule has 0 spiro atoms. The maximum Gasteiger partial charge on any atom is 0.296 e. The number of nitrogens with zero attached hydrogens (tertiary/aromatic N) is 1. The van der Waals surface area contributed by atoms with E-state index in [9.17, 15) is 14.7 Å². The number of carbonyl (C=O) groups is 2. The van der Waals surface area contributed by atoms with E-state index in [1.807, 2.05) is 24.3 Å². The Balaban J connectivity index is 1.71. The van der Waals surface area contributed by atoms with Crippen LogP contribution in [0.5, 0.6) is 11.5 Å². The van der Waals surface area contributed by atoms with E-state index in [0.29, 0.717) is 35.0 Å². The van der Waals surface area contributed by atoms with Gasteiger partial charge in [0, 0.05) is 5.56 Å². The zero-order valence-corrected chi connectivity index (χ0v) is 19.9. The molecule has 0 bridgehead atoms. The van der Waals surface area contributed by atoms with Crippen molar-refractivity contribution in [2.75, 3.05) is 13.7 Å². The summed E-state index contributed by atoms with van der Waals surface area (Å²) in [5.41, 5.74) is 1.14. The Labute approximate surface area is 204 Å². The van der Waals surface area contributed by atoms with E-state index in [4.69, 9.17) is 13.9 Å². The zero-order chi connectivity index (χ0) is 24.8.